The van der Waals surface area contributed by atoms with E-state index in [9.17, 15) is 16.8 Å². The minimum absolute atomic E-state index is 0.0710. The van der Waals surface area contributed by atoms with Crippen LogP contribution in [0.5, 0.6) is 11.5 Å². The minimum Gasteiger partial charge on any atom is -0.486 e. The van der Waals surface area contributed by atoms with Gasteiger partial charge in [0.25, 0.3) is 0 Å². The standard InChI is InChI=1S/C11H15BrN2O6S2/c1-7(21(13,15)16)6-14-22(17,18)11-5-10-9(4-8(11)12)19-2-3-20-10/h4-5,7,14H,2-3,6H2,1H3,(H2,13,15,16)/t7-/m0/s1. The molecule has 124 valence electrons. The molecular weight excluding hydrogens is 400 g/mol. The Morgan fingerprint density at radius 3 is 2.32 bits per heavy atom. The first-order valence-electron chi connectivity index (χ1n) is 6.21. The molecule has 0 spiro atoms. The van der Waals surface area contributed by atoms with Gasteiger partial charge in [0.05, 0.1) is 5.25 Å². The van der Waals surface area contributed by atoms with Crippen LogP contribution in [0.3, 0.4) is 0 Å². The quantitative estimate of drug-likeness (QED) is 0.707. The Balaban J connectivity index is 2.26. The number of hydrogen-bond acceptors (Lipinski definition) is 6. The average molecular weight is 415 g/mol. The molecular formula is C11H15BrN2O6S2. The fraction of sp³-hybridized carbons (Fsp3) is 0.455. The Labute approximate surface area is 137 Å². The van der Waals surface area contributed by atoms with Crippen LogP contribution in [0.2, 0.25) is 0 Å². The Morgan fingerprint density at radius 1 is 1.23 bits per heavy atom. The molecule has 2 rings (SSSR count). The average Bonchev–Trinajstić information content (AvgIpc) is 2.42. The highest BCUT2D eigenvalue weighted by molar-refractivity contribution is 9.10. The fourth-order valence-corrected chi connectivity index (χ4v) is 4.26. The number of ether oxygens (including phenoxy) is 2. The molecule has 0 aliphatic carbocycles. The molecule has 22 heavy (non-hydrogen) atoms. The van der Waals surface area contributed by atoms with E-state index in [1.165, 1.54) is 19.1 Å². The van der Waals surface area contributed by atoms with Gasteiger partial charge in [0.2, 0.25) is 20.0 Å². The van der Waals surface area contributed by atoms with Gasteiger partial charge in [-0.05, 0) is 28.9 Å². The van der Waals surface area contributed by atoms with Gasteiger partial charge in [-0.2, -0.15) is 0 Å². The summed E-state index contributed by atoms with van der Waals surface area (Å²) in [5, 5.41) is 3.92. The predicted molar refractivity (Wildman–Crippen MR) is 82.9 cm³/mol. The molecule has 1 aromatic rings. The first kappa shape index (κ1) is 17.5. The zero-order valence-electron chi connectivity index (χ0n) is 11.6. The van der Waals surface area contributed by atoms with E-state index in [1.807, 2.05) is 0 Å². The summed E-state index contributed by atoms with van der Waals surface area (Å²) in [6.45, 7) is 1.69. The smallest absolute Gasteiger partial charge is 0.241 e. The highest BCUT2D eigenvalue weighted by Crippen LogP contribution is 2.37. The molecule has 1 heterocycles. The van der Waals surface area contributed by atoms with E-state index in [0.717, 1.165) is 0 Å². The second-order valence-electron chi connectivity index (χ2n) is 4.68. The van der Waals surface area contributed by atoms with Crippen LogP contribution < -0.4 is 19.3 Å². The van der Waals surface area contributed by atoms with E-state index in [0.29, 0.717) is 24.7 Å². The third-order valence-corrected chi connectivity index (χ3v) is 6.68. The second kappa shape index (κ2) is 6.32. The van der Waals surface area contributed by atoms with Crippen LogP contribution in [0, 0.1) is 0 Å². The molecule has 0 amide bonds. The van der Waals surface area contributed by atoms with E-state index >= 15 is 0 Å². The summed E-state index contributed by atoms with van der Waals surface area (Å²) in [6.07, 6.45) is 0. The molecule has 1 aromatic carbocycles. The summed E-state index contributed by atoms with van der Waals surface area (Å²) in [6, 6.07) is 2.81. The normalized spacial score (nSPS) is 16.3. The number of nitrogens with two attached hydrogens (primary N) is 1. The van der Waals surface area contributed by atoms with E-state index in [2.05, 4.69) is 20.7 Å². The summed E-state index contributed by atoms with van der Waals surface area (Å²) in [5.74, 6) is 0.754. The lowest BCUT2D eigenvalue weighted by atomic mass is 10.3. The van der Waals surface area contributed by atoms with Gasteiger partial charge in [-0.3, -0.25) is 0 Å². The van der Waals surface area contributed by atoms with Gasteiger partial charge in [-0.1, -0.05) is 0 Å². The van der Waals surface area contributed by atoms with Crippen molar-refractivity contribution < 1.29 is 26.3 Å². The third kappa shape index (κ3) is 3.90. The van der Waals surface area contributed by atoms with Crippen molar-refractivity contribution in [1.29, 1.82) is 0 Å². The van der Waals surface area contributed by atoms with Crippen molar-refractivity contribution in [2.75, 3.05) is 19.8 Å². The summed E-state index contributed by atoms with van der Waals surface area (Å²) >= 11 is 3.16. The van der Waals surface area contributed by atoms with Crippen molar-refractivity contribution in [3.63, 3.8) is 0 Å². The number of primary sulfonamides is 1. The first-order valence-corrected chi connectivity index (χ1v) is 10.1. The highest BCUT2D eigenvalue weighted by Gasteiger charge is 2.25. The minimum atomic E-state index is -3.93. The van der Waals surface area contributed by atoms with Gasteiger partial charge in [0, 0.05) is 17.1 Å². The van der Waals surface area contributed by atoms with E-state index in [-0.39, 0.29) is 15.9 Å². The molecule has 3 N–H and O–H groups in total. The molecule has 0 saturated carbocycles. The largest absolute Gasteiger partial charge is 0.486 e. The molecule has 11 heteroatoms. The molecule has 0 aromatic heterocycles. The molecule has 8 nitrogen and oxygen atoms in total. The lowest BCUT2D eigenvalue weighted by molar-refractivity contribution is 0.171. The van der Waals surface area contributed by atoms with Crippen LogP contribution in [0.1, 0.15) is 6.92 Å². The molecule has 0 radical (unpaired) electrons. The van der Waals surface area contributed by atoms with E-state index in [1.54, 1.807) is 0 Å². The van der Waals surface area contributed by atoms with Crippen LogP contribution in [0.15, 0.2) is 21.5 Å². The summed E-state index contributed by atoms with van der Waals surface area (Å²) < 4.78 is 60.1. The maximum absolute atomic E-state index is 12.3. The summed E-state index contributed by atoms with van der Waals surface area (Å²) in [5.41, 5.74) is 0. The van der Waals surface area contributed by atoms with Crippen molar-refractivity contribution in [3.8, 4) is 11.5 Å². The number of fused-ring (bicyclic) bond motifs is 1. The molecule has 0 saturated heterocycles. The maximum Gasteiger partial charge on any atom is 0.241 e. The SMILES string of the molecule is C[C@@H](CNS(=O)(=O)c1cc2c(cc1Br)OCCO2)S(N)(=O)=O. The lowest BCUT2D eigenvalue weighted by Crippen LogP contribution is -2.38. The third-order valence-electron chi connectivity index (χ3n) is 3.01. The van der Waals surface area contributed by atoms with Gasteiger partial charge in [0.15, 0.2) is 11.5 Å². The number of rotatable bonds is 5. The van der Waals surface area contributed by atoms with Crippen LogP contribution in [0.25, 0.3) is 0 Å². The Morgan fingerprint density at radius 2 is 1.77 bits per heavy atom. The highest BCUT2D eigenvalue weighted by atomic mass is 79.9. The van der Waals surface area contributed by atoms with Gasteiger partial charge < -0.3 is 9.47 Å². The van der Waals surface area contributed by atoms with Crippen LogP contribution >= 0.6 is 15.9 Å². The number of nitrogens with one attached hydrogen (secondary N) is 1. The number of sulfonamides is 2. The van der Waals surface area contributed by atoms with E-state index < -0.39 is 25.3 Å². The van der Waals surface area contributed by atoms with Gasteiger partial charge in [-0.25, -0.2) is 26.7 Å². The van der Waals surface area contributed by atoms with Crippen molar-refractivity contribution >= 4 is 36.0 Å². The lowest BCUT2D eigenvalue weighted by Gasteiger charge is -2.20. The van der Waals surface area contributed by atoms with Gasteiger partial charge >= 0.3 is 0 Å². The summed E-state index contributed by atoms with van der Waals surface area (Å²) in [4.78, 5) is -0.0710. The number of hydrogen-bond donors (Lipinski definition) is 2. The Hall–Kier alpha value is -0.880. The molecule has 1 aliphatic heterocycles. The van der Waals surface area contributed by atoms with Crippen LogP contribution in [0.4, 0.5) is 0 Å². The van der Waals surface area contributed by atoms with Gasteiger partial charge in [0.1, 0.15) is 18.1 Å². The molecule has 1 atom stereocenters. The zero-order valence-corrected chi connectivity index (χ0v) is 14.8. The number of halogens is 1. The molecule has 0 unspecified atom stereocenters. The topological polar surface area (TPSA) is 125 Å². The van der Waals surface area contributed by atoms with Crippen molar-refractivity contribution in [2.24, 2.45) is 5.14 Å². The van der Waals surface area contributed by atoms with Crippen LogP contribution in [-0.4, -0.2) is 41.8 Å². The monoisotopic (exact) mass is 414 g/mol. The molecule has 1 aliphatic rings. The van der Waals surface area contributed by atoms with Crippen LogP contribution in [-0.2, 0) is 20.0 Å². The molecule has 0 fully saturated rings. The molecule has 0 bridgehead atoms. The van der Waals surface area contributed by atoms with E-state index in [4.69, 9.17) is 14.6 Å². The Kier molecular flexibility index (Phi) is 5.02. The maximum atomic E-state index is 12.3. The van der Waals surface area contributed by atoms with Crippen molar-refractivity contribution in [2.45, 2.75) is 17.1 Å². The second-order valence-corrected chi connectivity index (χ2v) is 9.25. The first-order chi connectivity index (χ1) is 10.1. The van der Waals surface area contributed by atoms with Gasteiger partial charge in [-0.15, -0.1) is 0 Å². The predicted octanol–water partition coefficient (Wildman–Crippen LogP) is 0.176. The zero-order chi connectivity index (χ0) is 16.5. The summed E-state index contributed by atoms with van der Waals surface area (Å²) in [7, 11) is -7.75. The van der Waals surface area contributed by atoms with Crippen molar-refractivity contribution in [3.05, 3.63) is 16.6 Å². The fourth-order valence-electron chi connectivity index (χ4n) is 1.67. The van der Waals surface area contributed by atoms with Crippen molar-refractivity contribution in [1.82, 2.24) is 4.72 Å². The number of benzene rings is 1. The Bertz CT molecular complexity index is 778.